The van der Waals surface area contributed by atoms with Crippen molar-refractivity contribution in [3.05, 3.63) is 12.2 Å². The number of allylic oxidation sites excluding steroid dienone is 2. The molecular weight excluding hydrogens is 302 g/mol. The summed E-state index contributed by atoms with van der Waals surface area (Å²) in [7, 11) is 0. The highest BCUT2D eigenvalue weighted by atomic mass is 16.5. The minimum atomic E-state index is -0.371. The maximum absolute atomic E-state index is 12.9. The molecule has 138 valence electrons. The van der Waals surface area contributed by atoms with Crippen LogP contribution in [0.3, 0.4) is 0 Å². The standard InChI is InChI=1S/C20H35NO3/c1-8-24-19(23)18(13(2)3)21-15(5)12-16(22)17-14(4)10-9-11-20(17,6)7/h9-10,13-15,17-18,21H,8,11-12H2,1-7H3. The predicted molar refractivity (Wildman–Crippen MR) is 97.7 cm³/mol. The third-order valence-electron chi connectivity index (χ3n) is 4.98. The Morgan fingerprint density at radius 2 is 1.92 bits per heavy atom. The van der Waals surface area contributed by atoms with Gasteiger partial charge >= 0.3 is 5.97 Å². The van der Waals surface area contributed by atoms with Crippen molar-refractivity contribution >= 4 is 11.8 Å². The SMILES string of the molecule is CCOC(=O)C(NC(C)CC(=O)C1C(C)C=CCC1(C)C)C(C)C. The van der Waals surface area contributed by atoms with Crippen molar-refractivity contribution in [1.29, 1.82) is 0 Å². The molecular formula is C20H35NO3. The average Bonchev–Trinajstić information content (AvgIpc) is 2.43. The van der Waals surface area contributed by atoms with Gasteiger partial charge in [-0.1, -0.05) is 46.8 Å². The van der Waals surface area contributed by atoms with Crippen LogP contribution >= 0.6 is 0 Å². The van der Waals surface area contributed by atoms with Crippen LogP contribution in [0.15, 0.2) is 12.2 Å². The third kappa shape index (κ3) is 5.44. The molecule has 0 heterocycles. The van der Waals surface area contributed by atoms with Gasteiger partial charge in [0.15, 0.2) is 0 Å². The van der Waals surface area contributed by atoms with Gasteiger partial charge in [-0.05, 0) is 37.5 Å². The topological polar surface area (TPSA) is 55.4 Å². The third-order valence-corrected chi connectivity index (χ3v) is 4.98. The maximum Gasteiger partial charge on any atom is 0.323 e. The first-order valence-corrected chi connectivity index (χ1v) is 9.22. The Hall–Kier alpha value is -1.16. The van der Waals surface area contributed by atoms with Crippen LogP contribution in [0.2, 0.25) is 0 Å². The molecule has 0 saturated carbocycles. The highest BCUT2D eigenvalue weighted by molar-refractivity contribution is 5.83. The fraction of sp³-hybridized carbons (Fsp3) is 0.800. The number of hydrogen-bond donors (Lipinski definition) is 1. The monoisotopic (exact) mass is 337 g/mol. The second-order valence-electron chi connectivity index (χ2n) is 8.17. The summed E-state index contributed by atoms with van der Waals surface area (Å²) in [5.41, 5.74) is -0.0104. The fourth-order valence-corrected chi connectivity index (χ4v) is 3.82. The summed E-state index contributed by atoms with van der Waals surface area (Å²) < 4.78 is 5.14. The number of Topliss-reactive ketones (excluding diaryl/α,β-unsaturated/α-hetero) is 1. The number of carbonyl (C=O) groups is 2. The second-order valence-corrected chi connectivity index (χ2v) is 8.17. The number of carbonyl (C=O) groups excluding carboxylic acids is 2. The van der Waals surface area contributed by atoms with Crippen molar-refractivity contribution in [3.63, 3.8) is 0 Å². The van der Waals surface area contributed by atoms with Crippen LogP contribution in [0.1, 0.15) is 61.3 Å². The van der Waals surface area contributed by atoms with Gasteiger partial charge in [-0.25, -0.2) is 0 Å². The van der Waals surface area contributed by atoms with Crippen LogP contribution in [-0.4, -0.2) is 30.4 Å². The van der Waals surface area contributed by atoms with Gasteiger partial charge in [0, 0.05) is 18.4 Å². The minimum absolute atomic E-state index is 0.0104. The van der Waals surface area contributed by atoms with Gasteiger partial charge in [-0.3, -0.25) is 9.59 Å². The van der Waals surface area contributed by atoms with Gasteiger partial charge in [0.25, 0.3) is 0 Å². The number of hydrogen-bond acceptors (Lipinski definition) is 4. The summed E-state index contributed by atoms with van der Waals surface area (Å²) >= 11 is 0. The molecule has 0 aromatic rings. The normalized spacial score (nSPS) is 25.3. The first kappa shape index (κ1) is 20.9. The van der Waals surface area contributed by atoms with Crippen molar-refractivity contribution in [3.8, 4) is 0 Å². The molecule has 0 spiro atoms. The second kappa shape index (κ2) is 8.80. The zero-order valence-corrected chi connectivity index (χ0v) is 16.4. The molecule has 0 radical (unpaired) electrons. The van der Waals surface area contributed by atoms with Gasteiger partial charge in [-0.2, -0.15) is 0 Å². The van der Waals surface area contributed by atoms with Crippen LogP contribution < -0.4 is 5.32 Å². The molecule has 0 aromatic heterocycles. The van der Waals surface area contributed by atoms with E-state index in [4.69, 9.17) is 4.74 Å². The Labute approximate surface area is 147 Å². The lowest BCUT2D eigenvalue weighted by molar-refractivity contribution is -0.147. The van der Waals surface area contributed by atoms with E-state index in [9.17, 15) is 9.59 Å². The largest absolute Gasteiger partial charge is 0.465 e. The first-order chi connectivity index (χ1) is 11.1. The summed E-state index contributed by atoms with van der Waals surface area (Å²) in [6.07, 6.45) is 5.72. The van der Waals surface area contributed by atoms with E-state index in [1.165, 1.54) is 0 Å². The highest BCUT2D eigenvalue weighted by Gasteiger charge is 2.39. The molecule has 0 aliphatic heterocycles. The molecule has 0 fully saturated rings. The van der Waals surface area contributed by atoms with Crippen molar-refractivity contribution in [2.75, 3.05) is 6.61 Å². The molecule has 1 aliphatic carbocycles. The Kier molecular flexibility index (Phi) is 7.65. The molecule has 0 bridgehead atoms. The lowest BCUT2D eigenvalue weighted by Gasteiger charge is -2.39. The lowest BCUT2D eigenvalue weighted by atomic mass is 9.64. The van der Waals surface area contributed by atoms with Gasteiger partial charge < -0.3 is 10.1 Å². The number of nitrogens with one attached hydrogen (secondary N) is 1. The van der Waals surface area contributed by atoms with Crippen molar-refractivity contribution in [2.45, 2.75) is 73.4 Å². The molecule has 1 N–H and O–H groups in total. The van der Waals surface area contributed by atoms with E-state index < -0.39 is 0 Å². The average molecular weight is 338 g/mol. The molecule has 1 rings (SSSR count). The van der Waals surface area contributed by atoms with Gasteiger partial charge in [0.1, 0.15) is 11.8 Å². The van der Waals surface area contributed by atoms with Gasteiger partial charge in [-0.15, -0.1) is 0 Å². The Morgan fingerprint density at radius 1 is 1.29 bits per heavy atom. The Balaban J connectivity index is 2.72. The van der Waals surface area contributed by atoms with Crippen LogP contribution in [0.5, 0.6) is 0 Å². The summed E-state index contributed by atoms with van der Waals surface area (Å²) in [5, 5.41) is 3.30. The van der Waals surface area contributed by atoms with Crippen molar-refractivity contribution in [2.24, 2.45) is 23.2 Å². The summed E-state index contributed by atoms with van der Waals surface area (Å²) in [6, 6.07) is -0.423. The summed E-state index contributed by atoms with van der Waals surface area (Å²) in [4.78, 5) is 25.0. The Bertz CT molecular complexity index is 468. The van der Waals surface area contributed by atoms with Crippen LogP contribution in [-0.2, 0) is 14.3 Å². The molecule has 4 heteroatoms. The van der Waals surface area contributed by atoms with E-state index in [0.29, 0.717) is 13.0 Å². The van der Waals surface area contributed by atoms with Gasteiger partial charge in [0.2, 0.25) is 0 Å². The molecule has 0 amide bonds. The number of rotatable bonds is 8. The summed E-state index contributed by atoms with van der Waals surface area (Å²) in [5.74, 6) is 0.463. The van der Waals surface area contributed by atoms with E-state index in [1.54, 1.807) is 0 Å². The zero-order valence-electron chi connectivity index (χ0n) is 16.4. The molecule has 4 atom stereocenters. The Morgan fingerprint density at radius 3 is 2.42 bits per heavy atom. The zero-order chi connectivity index (χ0) is 18.5. The molecule has 4 unspecified atom stereocenters. The van der Waals surface area contributed by atoms with Gasteiger partial charge in [0.05, 0.1) is 6.61 Å². The molecule has 0 aromatic carbocycles. The van der Waals surface area contributed by atoms with E-state index in [1.807, 2.05) is 27.7 Å². The molecule has 4 nitrogen and oxygen atoms in total. The number of ketones is 1. The lowest BCUT2D eigenvalue weighted by Crippen LogP contribution is -2.48. The van der Waals surface area contributed by atoms with Crippen molar-refractivity contribution < 1.29 is 14.3 Å². The maximum atomic E-state index is 12.9. The van der Waals surface area contributed by atoms with E-state index in [0.717, 1.165) is 6.42 Å². The molecule has 24 heavy (non-hydrogen) atoms. The predicted octanol–water partition coefficient (Wildman–Crippen LogP) is 3.75. The van der Waals surface area contributed by atoms with Crippen LogP contribution in [0.4, 0.5) is 0 Å². The fourth-order valence-electron chi connectivity index (χ4n) is 3.82. The van der Waals surface area contributed by atoms with Crippen LogP contribution in [0, 0.1) is 23.2 Å². The van der Waals surface area contributed by atoms with Crippen LogP contribution in [0.25, 0.3) is 0 Å². The van der Waals surface area contributed by atoms with E-state index in [2.05, 4.69) is 38.2 Å². The summed E-state index contributed by atoms with van der Waals surface area (Å²) in [6.45, 7) is 14.6. The highest BCUT2D eigenvalue weighted by Crippen LogP contribution is 2.41. The van der Waals surface area contributed by atoms with E-state index in [-0.39, 0.29) is 47.0 Å². The quantitative estimate of drug-likeness (QED) is 0.541. The minimum Gasteiger partial charge on any atom is -0.465 e. The molecule has 0 saturated heterocycles. The first-order valence-electron chi connectivity index (χ1n) is 9.22. The smallest absolute Gasteiger partial charge is 0.323 e. The van der Waals surface area contributed by atoms with E-state index >= 15 is 0 Å². The number of ether oxygens (including phenoxy) is 1. The van der Waals surface area contributed by atoms with Crippen molar-refractivity contribution in [1.82, 2.24) is 5.32 Å². The molecule has 1 aliphatic rings. The number of esters is 1.